The number of fused-ring (bicyclic) bond motifs is 4. The normalized spacial score (nSPS) is 17.1. The standard InChI is InChI=1S/C15H15N3O2S/c1-15(2)5-10-8(6-20-15)4-9-11-12(21-14(9)18-10)13(19-3)17-7-16-11/h4,7H,5-6H2,1-3H3. The Kier molecular flexibility index (Phi) is 2.68. The highest BCUT2D eigenvalue weighted by Crippen LogP contribution is 2.38. The van der Waals surface area contributed by atoms with Gasteiger partial charge in [0, 0.05) is 17.4 Å². The first-order valence-corrected chi connectivity index (χ1v) is 7.63. The molecule has 0 saturated heterocycles. The molecule has 0 aromatic carbocycles. The molecule has 0 aliphatic carbocycles. The van der Waals surface area contributed by atoms with Crippen LogP contribution in [0.25, 0.3) is 20.4 Å². The van der Waals surface area contributed by atoms with Gasteiger partial charge in [-0.05, 0) is 19.9 Å². The molecule has 4 rings (SSSR count). The molecule has 21 heavy (non-hydrogen) atoms. The molecular formula is C15H15N3O2S. The van der Waals surface area contributed by atoms with Crippen LogP contribution in [0.5, 0.6) is 5.88 Å². The number of thiophene rings is 1. The van der Waals surface area contributed by atoms with Gasteiger partial charge in [-0.25, -0.2) is 15.0 Å². The van der Waals surface area contributed by atoms with E-state index in [9.17, 15) is 0 Å². The summed E-state index contributed by atoms with van der Waals surface area (Å²) in [6.45, 7) is 4.80. The SMILES string of the molecule is COc1ncnc2c1sc1nc3c(cc12)COC(C)(C)C3. The van der Waals surface area contributed by atoms with Crippen molar-refractivity contribution >= 4 is 31.8 Å². The van der Waals surface area contributed by atoms with Crippen molar-refractivity contribution in [2.75, 3.05) is 7.11 Å². The molecule has 0 N–H and O–H groups in total. The third-order valence-electron chi connectivity index (χ3n) is 3.79. The van der Waals surface area contributed by atoms with Crippen LogP contribution in [-0.4, -0.2) is 27.7 Å². The molecule has 5 nitrogen and oxygen atoms in total. The fraction of sp³-hybridized carbons (Fsp3) is 0.400. The van der Waals surface area contributed by atoms with Gasteiger partial charge in [0.05, 0.1) is 30.5 Å². The van der Waals surface area contributed by atoms with E-state index in [4.69, 9.17) is 14.5 Å². The number of nitrogens with zero attached hydrogens (tertiary/aromatic N) is 3. The molecule has 0 atom stereocenters. The lowest BCUT2D eigenvalue weighted by atomic mass is 9.95. The van der Waals surface area contributed by atoms with Gasteiger partial charge in [0.1, 0.15) is 15.9 Å². The van der Waals surface area contributed by atoms with E-state index in [1.807, 2.05) is 0 Å². The first-order valence-electron chi connectivity index (χ1n) is 6.81. The molecule has 1 aliphatic rings. The minimum atomic E-state index is -0.151. The Hall–Kier alpha value is -1.79. The van der Waals surface area contributed by atoms with Crippen molar-refractivity contribution in [3.05, 3.63) is 23.7 Å². The van der Waals surface area contributed by atoms with Crippen LogP contribution >= 0.6 is 11.3 Å². The molecule has 108 valence electrons. The van der Waals surface area contributed by atoms with Crippen LogP contribution in [0.2, 0.25) is 0 Å². The van der Waals surface area contributed by atoms with Crippen LogP contribution in [0.15, 0.2) is 12.4 Å². The highest BCUT2D eigenvalue weighted by atomic mass is 32.1. The Morgan fingerprint density at radius 2 is 2.19 bits per heavy atom. The molecule has 3 aromatic heterocycles. The Morgan fingerprint density at radius 3 is 3.00 bits per heavy atom. The van der Waals surface area contributed by atoms with Crippen LogP contribution in [0.1, 0.15) is 25.1 Å². The minimum Gasteiger partial charge on any atom is -0.480 e. The zero-order valence-electron chi connectivity index (χ0n) is 12.1. The van der Waals surface area contributed by atoms with Gasteiger partial charge >= 0.3 is 0 Å². The summed E-state index contributed by atoms with van der Waals surface area (Å²) in [6.07, 6.45) is 2.36. The third-order valence-corrected chi connectivity index (χ3v) is 4.86. The number of methoxy groups -OCH3 is 1. The van der Waals surface area contributed by atoms with E-state index in [1.54, 1.807) is 18.4 Å². The van der Waals surface area contributed by atoms with Gasteiger partial charge in [-0.2, -0.15) is 0 Å². The second-order valence-corrected chi connectivity index (χ2v) is 6.83. The molecule has 6 heteroatoms. The average molecular weight is 301 g/mol. The summed E-state index contributed by atoms with van der Waals surface area (Å²) in [5.41, 5.74) is 3.03. The molecule has 0 amide bonds. The first kappa shape index (κ1) is 12.9. The van der Waals surface area contributed by atoms with Crippen LogP contribution in [0.4, 0.5) is 0 Å². The molecule has 0 radical (unpaired) electrons. The van der Waals surface area contributed by atoms with Crippen molar-refractivity contribution in [2.24, 2.45) is 0 Å². The Bertz CT molecular complexity index is 857. The van der Waals surface area contributed by atoms with Gasteiger partial charge < -0.3 is 9.47 Å². The smallest absolute Gasteiger partial charge is 0.234 e. The van der Waals surface area contributed by atoms with E-state index in [2.05, 4.69) is 29.9 Å². The zero-order valence-corrected chi connectivity index (χ0v) is 13.0. The number of ether oxygens (including phenoxy) is 2. The second-order valence-electron chi connectivity index (χ2n) is 5.83. The van der Waals surface area contributed by atoms with Crippen LogP contribution in [-0.2, 0) is 17.8 Å². The van der Waals surface area contributed by atoms with E-state index >= 15 is 0 Å². The summed E-state index contributed by atoms with van der Waals surface area (Å²) < 4.78 is 12.2. The van der Waals surface area contributed by atoms with Crippen LogP contribution in [0, 0.1) is 0 Å². The molecule has 0 saturated carbocycles. The van der Waals surface area contributed by atoms with Gasteiger partial charge in [0.25, 0.3) is 0 Å². The summed E-state index contributed by atoms with van der Waals surface area (Å²) >= 11 is 1.58. The van der Waals surface area contributed by atoms with E-state index in [-0.39, 0.29) is 5.60 Å². The number of pyridine rings is 1. The summed E-state index contributed by atoms with van der Waals surface area (Å²) in [5, 5.41) is 1.05. The largest absolute Gasteiger partial charge is 0.480 e. The third kappa shape index (κ3) is 1.98. The van der Waals surface area contributed by atoms with Crippen molar-refractivity contribution < 1.29 is 9.47 Å². The van der Waals surface area contributed by atoms with Gasteiger partial charge in [-0.1, -0.05) is 0 Å². The van der Waals surface area contributed by atoms with Crippen molar-refractivity contribution in [2.45, 2.75) is 32.5 Å². The lowest BCUT2D eigenvalue weighted by molar-refractivity contribution is -0.0411. The Balaban J connectivity index is 2.00. The number of hydrogen-bond acceptors (Lipinski definition) is 6. The molecule has 3 aromatic rings. The zero-order chi connectivity index (χ0) is 14.6. The van der Waals surface area contributed by atoms with Crippen molar-refractivity contribution in [1.29, 1.82) is 0 Å². The fourth-order valence-electron chi connectivity index (χ4n) is 2.71. The van der Waals surface area contributed by atoms with Crippen molar-refractivity contribution in [3.8, 4) is 5.88 Å². The number of hydrogen-bond donors (Lipinski definition) is 0. The quantitative estimate of drug-likeness (QED) is 0.691. The highest BCUT2D eigenvalue weighted by molar-refractivity contribution is 7.25. The molecular weight excluding hydrogens is 286 g/mol. The minimum absolute atomic E-state index is 0.151. The lowest BCUT2D eigenvalue weighted by Gasteiger charge is -2.30. The molecule has 0 unspecified atom stereocenters. The molecule has 0 fully saturated rings. The average Bonchev–Trinajstić information content (AvgIpc) is 2.81. The van der Waals surface area contributed by atoms with E-state index < -0.39 is 0 Å². The maximum absolute atomic E-state index is 5.88. The summed E-state index contributed by atoms with van der Waals surface area (Å²) in [5.74, 6) is 0.609. The predicted octanol–water partition coefficient (Wildman–Crippen LogP) is 3.10. The first-order chi connectivity index (χ1) is 10.1. The molecule has 0 spiro atoms. The summed E-state index contributed by atoms with van der Waals surface area (Å²) in [7, 11) is 1.63. The van der Waals surface area contributed by atoms with Gasteiger partial charge in [0.15, 0.2) is 0 Å². The van der Waals surface area contributed by atoms with E-state index in [1.165, 1.54) is 6.33 Å². The lowest BCUT2D eigenvalue weighted by Crippen LogP contribution is -2.32. The summed E-state index contributed by atoms with van der Waals surface area (Å²) in [6, 6.07) is 2.15. The van der Waals surface area contributed by atoms with Crippen LogP contribution < -0.4 is 4.74 Å². The topological polar surface area (TPSA) is 57.1 Å². The fourth-order valence-corrected chi connectivity index (χ4v) is 3.81. The Labute approximate surface area is 126 Å². The highest BCUT2D eigenvalue weighted by Gasteiger charge is 2.28. The van der Waals surface area contributed by atoms with Gasteiger partial charge in [-0.15, -0.1) is 11.3 Å². The maximum Gasteiger partial charge on any atom is 0.234 e. The molecule has 1 aliphatic heterocycles. The Morgan fingerprint density at radius 1 is 1.33 bits per heavy atom. The number of rotatable bonds is 1. The second kappa shape index (κ2) is 4.35. The molecule has 0 bridgehead atoms. The predicted molar refractivity (Wildman–Crippen MR) is 81.8 cm³/mol. The van der Waals surface area contributed by atoms with E-state index in [0.29, 0.717) is 12.5 Å². The van der Waals surface area contributed by atoms with E-state index in [0.717, 1.165) is 38.1 Å². The van der Waals surface area contributed by atoms with Crippen molar-refractivity contribution in [1.82, 2.24) is 15.0 Å². The van der Waals surface area contributed by atoms with Crippen LogP contribution in [0.3, 0.4) is 0 Å². The maximum atomic E-state index is 5.88. The molecule has 4 heterocycles. The van der Waals surface area contributed by atoms with Gasteiger partial charge in [-0.3, -0.25) is 0 Å². The monoisotopic (exact) mass is 301 g/mol. The summed E-state index contributed by atoms with van der Waals surface area (Å²) in [4.78, 5) is 14.4. The van der Waals surface area contributed by atoms with Crippen molar-refractivity contribution in [3.63, 3.8) is 0 Å². The van der Waals surface area contributed by atoms with Gasteiger partial charge in [0.2, 0.25) is 5.88 Å². The number of aromatic nitrogens is 3.